The highest BCUT2D eigenvalue weighted by atomic mass is 16.5. The Morgan fingerprint density at radius 1 is 1.05 bits per heavy atom. The van der Waals surface area contributed by atoms with E-state index in [9.17, 15) is 0 Å². The molecule has 2 aromatic carbocycles. The van der Waals surface area contributed by atoms with Gasteiger partial charge in [-0.05, 0) is 59.7 Å². The lowest BCUT2D eigenvalue weighted by Gasteiger charge is -2.13. The summed E-state index contributed by atoms with van der Waals surface area (Å²) in [6.45, 7) is 3.73. The Bertz CT molecular complexity index is 658. The summed E-state index contributed by atoms with van der Waals surface area (Å²) >= 11 is 0. The molecule has 20 heavy (non-hydrogen) atoms. The minimum absolute atomic E-state index is 0.692. The van der Waals surface area contributed by atoms with Crippen molar-refractivity contribution >= 4 is 5.69 Å². The predicted octanol–water partition coefficient (Wildman–Crippen LogP) is 4.27. The van der Waals surface area contributed by atoms with E-state index in [4.69, 9.17) is 4.74 Å². The maximum atomic E-state index is 5.51. The molecule has 0 atom stereocenters. The second-order valence-corrected chi connectivity index (χ2v) is 5.87. The third kappa shape index (κ3) is 2.10. The molecule has 2 nitrogen and oxygen atoms in total. The molecule has 0 bridgehead atoms. The number of anilines is 1. The molecule has 4 rings (SSSR count). The van der Waals surface area contributed by atoms with Gasteiger partial charge in [0, 0.05) is 11.7 Å². The summed E-state index contributed by atoms with van der Waals surface area (Å²) in [6.07, 6.45) is 2.61. The first kappa shape index (κ1) is 12.0. The fourth-order valence-electron chi connectivity index (χ4n) is 2.89. The largest absolute Gasteiger partial charge is 0.382 e. The highest BCUT2D eigenvalue weighted by molar-refractivity contribution is 5.74. The number of ether oxygens (including phenoxy) is 1. The van der Waals surface area contributed by atoms with Gasteiger partial charge in [0.05, 0.1) is 13.2 Å². The van der Waals surface area contributed by atoms with E-state index >= 15 is 0 Å². The van der Waals surface area contributed by atoms with Gasteiger partial charge in [0.2, 0.25) is 0 Å². The van der Waals surface area contributed by atoms with E-state index in [0.29, 0.717) is 6.04 Å². The molecule has 2 heteroatoms. The predicted molar refractivity (Wildman–Crippen MR) is 81.8 cm³/mol. The van der Waals surface area contributed by atoms with Crippen LogP contribution in [0.1, 0.15) is 29.5 Å². The van der Waals surface area contributed by atoms with E-state index in [-0.39, 0.29) is 0 Å². The van der Waals surface area contributed by atoms with Crippen molar-refractivity contribution in [3.8, 4) is 11.1 Å². The molecule has 2 aliphatic rings. The van der Waals surface area contributed by atoms with Crippen LogP contribution in [0.5, 0.6) is 0 Å². The van der Waals surface area contributed by atoms with E-state index in [1.54, 1.807) is 0 Å². The Hall–Kier alpha value is -1.80. The Morgan fingerprint density at radius 2 is 1.90 bits per heavy atom. The van der Waals surface area contributed by atoms with Crippen LogP contribution in [0, 0.1) is 6.92 Å². The highest BCUT2D eigenvalue weighted by Crippen LogP contribution is 2.34. The van der Waals surface area contributed by atoms with Crippen LogP contribution in [0.15, 0.2) is 36.4 Å². The van der Waals surface area contributed by atoms with E-state index < -0.39 is 0 Å². The van der Waals surface area contributed by atoms with Gasteiger partial charge in [0.1, 0.15) is 0 Å². The van der Waals surface area contributed by atoms with Gasteiger partial charge in [-0.3, -0.25) is 0 Å². The summed E-state index contributed by atoms with van der Waals surface area (Å²) in [7, 11) is 0. The first-order valence-electron chi connectivity index (χ1n) is 7.37. The van der Waals surface area contributed by atoms with Crippen molar-refractivity contribution in [3.05, 3.63) is 53.1 Å². The van der Waals surface area contributed by atoms with Crippen LogP contribution in [0.25, 0.3) is 11.1 Å². The van der Waals surface area contributed by atoms with Crippen LogP contribution in [0.3, 0.4) is 0 Å². The van der Waals surface area contributed by atoms with Crippen LogP contribution in [0.4, 0.5) is 5.69 Å². The Balaban J connectivity index is 1.73. The van der Waals surface area contributed by atoms with Crippen LogP contribution in [-0.2, 0) is 18.0 Å². The Labute approximate surface area is 119 Å². The molecule has 1 saturated carbocycles. The number of benzene rings is 2. The molecule has 0 saturated heterocycles. The van der Waals surface area contributed by atoms with Gasteiger partial charge in [0.25, 0.3) is 0 Å². The molecule has 0 unspecified atom stereocenters. The molecular formula is C18H19NO. The smallest absolute Gasteiger partial charge is 0.0725 e. The average Bonchev–Trinajstić information content (AvgIpc) is 3.15. The summed E-state index contributed by atoms with van der Waals surface area (Å²) in [6, 6.07) is 14.0. The van der Waals surface area contributed by atoms with Crippen molar-refractivity contribution < 1.29 is 4.74 Å². The van der Waals surface area contributed by atoms with Gasteiger partial charge in [-0.15, -0.1) is 0 Å². The van der Waals surface area contributed by atoms with Crippen LogP contribution < -0.4 is 5.32 Å². The molecule has 1 fully saturated rings. The molecule has 0 spiro atoms. The highest BCUT2D eigenvalue weighted by Gasteiger charge is 2.22. The number of hydrogen-bond donors (Lipinski definition) is 1. The van der Waals surface area contributed by atoms with Crippen molar-refractivity contribution in [2.45, 2.75) is 39.0 Å². The Morgan fingerprint density at radius 3 is 2.75 bits per heavy atom. The fraction of sp³-hybridized carbons (Fsp3) is 0.333. The quantitative estimate of drug-likeness (QED) is 0.895. The average molecular weight is 265 g/mol. The van der Waals surface area contributed by atoms with Crippen LogP contribution in [-0.4, -0.2) is 6.04 Å². The number of hydrogen-bond acceptors (Lipinski definition) is 2. The normalized spacial score (nSPS) is 17.1. The molecular weight excluding hydrogens is 246 g/mol. The molecule has 102 valence electrons. The first-order chi connectivity index (χ1) is 9.81. The monoisotopic (exact) mass is 265 g/mol. The maximum Gasteiger partial charge on any atom is 0.0725 e. The second-order valence-electron chi connectivity index (χ2n) is 5.87. The lowest BCUT2D eigenvalue weighted by Crippen LogP contribution is -2.03. The zero-order valence-corrected chi connectivity index (χ0v) is 11.8. The third-order valence-electron chi connectivity index (χ3n) is 4.30. The van der Waals surface area contributed by atoms with Crippen molar-refractivity contribution in [1.82, 2.24) is 0 Å². The van der Waals surface area contributed by atoms with E-state index in [2.05, 4.69) is 48.6 Å². The van der Waals surface area contributed by atoms with Gasteiger partial charge in [-0.2, -0.15) is 0 Å². The lowest BCUT2D eigenvalue weighted by atomic mass is 9.96. The van der Waals surface area contributed by atoms with Crippen molar-refractivity contribution in [2.24, 2.45) is 0 Å². The van der Waals surface area contributed by atoms with Crippen molar-refractivity contribution in [3.63, 3.8) is 0 Å². The fourth-order valence-corrected chi connectivity index (χ4v) is 2.89. The number of fused-ring (bicyclic) bond motifs is 1. The topological polar surface area (TPSA) is 21.3 Å². The summed E-state index contributed by atoms with van der Waals surface area (Å²) in [5.74, 6) is 0. The van der Waals surface area contributed by atoms with Crippen molar-refractivity contribution in [2.75, 3.05) is 5.32 Å². The number of rotatable bonds is 3. The zero-order valence-electron chi connectivity index (χ0n) is 11.8. The minimum Gasteiger partial charge on any atom is -0.382 e. The Kier molecular flexibility index (Phi) is 2.78. The molecule has 0 amide bonds. The SMILES string of the molecule is Cc1c(NC2CC2)cccc1-c1ccc2c(c1)COC2. The van der Waals surface area contributed by atoms with Gasteiger partial charge in [-0.1, -0.05) is 24.3 Å². The molecule has 0 aromatic heterocycles. The van der Waals surface area contributed by atoms with Crippen LogP contribution >= 0.6 is 0 Å². The standard InChI is InChI=1S/C18H19NO/c1-12-17(3-2-4-18(12)19-16-7-8-16)13-5-6-14-10-20-11-15(14)9-13/h2-6,9,16,19H,7-8,10-11H2,1H3. The lowest BCUT2D eigenvalue weighted by molar-refractivity contribution is 0.134. The van der Waals surface area contributed by atoms with Gasteiger partial charge in [0.15, 0.2) is 0 Å². The zero-order chi connectivity index (χ0) is 13.5. The van der Waals surface area contributed by atoms with Gasteiger partial charge < -0.3 is 10.1 Å². The first-order valence-corrected chi connectivity index (χ1v) is 7.37. The molecule has 1 aliphatic carbocycles. The summed E-state index contributed by atoms with van der Waals surface area (Å²) < 4.78 is 5.51. The molecule has 1 N–H and O–H groups in total. The van der Waals surface area contributed by atoms with Gasteiger partial charge >= 0.3 is 0 Å². The van der Waals surface area contributed by atoms with E-state index in [1.807, 2.05) is 0 Å². The summed E-state index contributed by atoms with van der Waals surface area (Å²) in [5.41, 5.74) is 7.91. The number of nitrogens with one attached hydrogen (secondary N) is 1. The minimum atomic E-state index is 0.692. The molecule has 1 aliphatic heterocycles. The van der Waals surface area contributed by atoms with E-state index in [1.165, 1.54) is 46.3 Å². The van der Waals surface area contributed by atoms with Crippen LogP contribution in [0.2, 0.25) is 0 Å². The molecule has 2 aromatic rings. The summed E-state index contributed by atoms with van der Waals surface area (Å²) in [4.78, 5) is 0. The van der Waals surface area contributed by atoms with Crippen molar-refractivity contribution in [1.29, 1.82) is 0 Å². The second kappa shape index (κ2) is 4.64. The third-order valence-corrected chi connectivity index (χ3v) is 4.30. The summed E-state index contributed by atoms with van der Waals surface area (Å²) in [5, 5.41) is 3.62. The van der Waals surface area contributed by atoms with Gasteiger partial charge in [-0.25, -0.2) is 0 Å². The van der Waals surface area contributed by atoms with E-state index in [0.717, 1.165) is 13.2 Å². The molecule has 0 radical (unpaired) electrons. The maximum absolute atomic E-state index is 5.51. The molecule has 1 heterocycles.